The van der Waals surface area contributed by atoms with Crippen molar-refractivity contribution in [3.05, 3.63) is 139 Å². The molecule has 0 saturated carbocycles. The molecule has 9 rings (SSSR count). The number of rotatable bonds is 1. The van der Waals surface area contributed by atoms with E-state index in [2.05, 4.69) is 133 Å². The fourth-order valence-corrected chi connectivity index (χ4v) is 7.07. The van der Waals surface area contributed by atoms with E-state index in [0.717, 1.165) is 11.3 Å². The molecule has 0 bridgehead atoms. The molecule has 39 heavy (non-hydrogen) atoms. The van der Waals surface area contributed by atoms with E-state index in [1.807, 2.05) is 0 Å². The van der Waals surface area contributed by atoms with Crippen molar-refractivity contribution < 1.29 is 4.74 Å². The van der Waals surface area contributed by atoms with Gasteiger partial charge in [0.2, 0.25) is 0 Å². The number of fused-ring (bicyclic) bond motifs is 7. The first-order valence-corrected chi connectivity index (χ1v) is 13.7. The Morgan fingerprint density at radius 1 is 0.487 bits per heavy atom. The predicted octanol–water partition coefficient (Wildman–Crippen LogP) is 10.0. The highest BCUT2D eigenvalue weighted by molar-refractivity contribution is 6.34. The second-order valence-electron chi connectivity index (χ2n) is 10.8. The van der Waals surface area contributed by atoms with Gasteiger partial charge >= 0.3 is 0 Å². The number of ether oxygens (including phenoxy) is 1. The van der Waals surface area contributed by atoms with Gasteiger partial charge in [-0.3, -0.25) is 0 Å². The third-order valence-corrected chi connectivity index (χ3v) is 8.77. The fourth-order valence-electron chi connectivity index (χ4n) is 7.07. The Morgan fingerprint density at radius 2 is 1.21 bits per heavy atom. The molecule has 2 atom stereocenters. The van der Waals surface area contributed by atoms with Gasteiger partial charge in [0.1, 0.15) is 11.9 Å². The van der Waals surface area contributed by atoms with Crippen LogP contribution in [0, 0.1) is 0 Å². The van der Waals surface area contributed by atoms with Crippen molar-refractivity contribution in [3.63, 3.8) is 0 Å². The maximum atomic E-state index is 6.62. The van der Waals surface area contributed by atoms with Crippen molar-refractivity contribution in [2.45, 2.75) is 12.0 Å². The summed E-state index contributed by atoms with van der Waals surface area (Å²) in [7, 11) is 0. The molecule has 0 fully saturated rings. The molecule has 1 nitrogen and oxygen atoms in total. The van der Waals surface area contributed by atoms with Crippen LogP contribution in [0.15, 0.2) is 133 Å². The van der Waals surface area contributed by atoms with Crippen molar-refractivity contribution in [1.29, 1.82) is 0 Å². The Morgan fingerprint density at radius 3 is 2.08 bits per heavy atom. The van der Waals surface area contributed by atoms with Gasteiger partial charge in [0.05, 0.1) is 0 Å². The molecule has 0 saturated heterocycles. The zero-order chi connectivity index (χ0) is 25.5. The van der Waals surface area contributed by atoms with Crippen LogP contribution in [-0.2, 0) is 0 Å². The van der Waals surface area contributed by atoms with E-state index in [-0.39, 0.29) is 12.0 Å². The van der Waals surface area contributed by atoms with Gasteiger partial charge in [0, 0.05) is 11.5 Å². The lowest BCUT2D eigenvalue weighted by atomic mass is 9.85. The number of hydrogen-bond acceptors (Lipinski definition) is 1. The summed E-state index contributed by atoms with van der Waals surface area (Å²) < 4.78 is 6.62. The molecule has 2 unspecified atom stereocenters. The highest BCUT2D eigenvalue weighted by atomic mass is 16.5. The van der Waals surface area contributed by atoms with E-state index in [9.17, 15) is 0 Å². The van der Waals surface area contributed by atoms with Crippen LogP contribution in [0.2, 0.25) is 0 Å². The molecule has 0 aromatic heterocycles. The lowest BCUT2D eigenvalue weighted by Crippen LogP contribution is -2.22. The maximum absolute atomic E-state index is 6.62. The maximum Gasteiger partial charge on any atom is 0.128 e. The third kappa shape index (κ3) is 2.90. The van der Waals surface area contributed by atoms with E-state index >= 15 is 0 Å². The molecule has 2 aliphatic rings. The minimum atomic E-state index is 0.00607. The molecule has 0 N–H and O–H groups in total. The molecule has 182 valence electrons. The van der Waals surface area contributed by atoms with E-state index < -0.39 is 0 Å². The van der Waals surface area contributed by atoms with Gasteiger partial charge in [0.15, 0.2) is 0 Å². The largest absolute Gasteiger partial charge is 0.485 e. The molecule has 7 aromatic rings. The number of hydrogen-bond donors (Lipinski definition) is 0. The molecule has 1 aliphatic carbocycles. The minimum Gasteiger partial charge on any atom is -0.485 e. The molecule has 1 heteroatoms. The lowest BCUT2D eigenvalue weighted by molar-refractivity contribution is 0.236. The Bertz CT molecular complexity index is 2110. The standard InChI is InChI=1S/C38H24O/c1-2-11-27-26(10-1)28-12-3-4-17-35(28)39-36-21-18-24(22-34(27)36)25-19-20-33-31-14-6-9-23-8-5-13-30(37(23)31)32-16-7-15-29(25)38(32)33/h1-22,28,35H. The third-order valence-electron chi connectivity index (χ3n) is 8.77. The average molecular weight is 497 g/mol. The summed E-state index contributed by atoms with van der Waals surface area (Å²) in [6.45, 7) is 0. The molecule has 1 heterocycles. The number of benzene rings is 7. The quantitative estimate of drug-likeness (QED) is 0.162. The second-order valence-corrected chi connectivity index (χ2v) is 10.8. The van der Waals surface area contributed by atoms with E-state index in [1.54, 1.807) is 0 Å². The SMILES string of the molecule is C1=CC2Oc3ccc(-c4ccc5c6cccc7cccc(c8cccc4c85)c76)cc3-c3ccccc3C2C=C1. The molecular formula is C38H24O. The Labute approximate surface area is 226 Å². The van der Waals surface area contributed by atoms with Crippen molar-refractivity contribution in [2.24, 2.45) is 0 Å². The molecule has 0 spiro atoms. The van der Waals surface area contributed by atoms with Gasteiger partial charge in [-0.15, -0.1) is 0 Å². The smallest absolute Gasteiger partial charge is 0.128 e. The summed E-state index contributed by atoms with van der Waals surface area (Å²) in [4.78, 5) is 0. The monoisotopic (exact) mass is 496 g/mol. The van der Waals surface area contributed by atoms with Crippen molar-refractivity contribution in [1.82, 2.24) is 0 Å². The zero-order valence-corrected chi connectivity index (χ0v) is 21.3. The van der Waals surface area contributed by atoms with Crippen molar-refractivity contribution in [2.75, 3.05) is 0 Å². The summed E-state index contributed by atoms with van der Waals surface area (Å²) in [6.07, 6.45) is 8.68. The van der Waals surface area contributed by atoms with E-state index in [0.29, 0.717) is 0 Å². The van der Waals surface area contributed by atoms with E-state index in [1.165, 1.54) is 65.3 Å². The van der Waals surface area contributed by atoms with Gasteiger partial charge in [0.25, 0.3) is 0 Å². The molecule has 7 aromatic carbocycles. The van der Waals surface area contributed by atoms with Crippen molar-refractivity contribution >= 4 is 43.1 Å². The normalized spacial score (nSPS) is 17.7. The Balaban J connectivity index is 1.32. The lowest BCUT2D eigenvalue weighted by Gasteiger charge is -2.23. The van der Waals surface area contributed by atoms with Crippen LogP contribution < -0.4 is 4.74 Å². The van der Waals surface area contributed by atoms with Crippen LogP contribution in [-0.4, -0.2) is 6.10 Å². The van der Waals surface area contributed by atoms with Crippen molar-refractivity contribution in [3.8, 4) is 28.0 Å². The van der Waals surface area contributed by atoms with Crippen LogP contribution >= 0.6 is 0 Å². The van der Waals surface area contributed by atoms with E-state index in [4.69, 9.17) is 4.74 Å². The molecule has 1 aliphatic heterocycles. The van der Waals surface area contributed by atoms with Gasteiger partial charge < -0.3 is 4.74 Å². The second kappa shape index (κ2) is 7.82. The van der Waals surface area contributed by atoms with Gasteiger partial charge in [-0.25, -0.2) is 0 Å². The first kappa shape index (κ1) is 21.1. The molecular weight excluding hydrogens is 472 g/mol. The highest BCUT2D eigenvalue weighted by Gasteiger charge is 2.30. The van der Waals surface area contributed by atoms with Crippen LogP contribution in [0.5, 0.6) is 5.75 Å². The molecule has 0 radical (unpaired) electrons. The Hall–Kier alpha value is -4.88. The van der Waals surface area contributed by atoms with Crippen LogP contribution in [0.25, 0.3) is 65.3 Å². The first-order valence-electron chi connectivity index (χ1n) is 13.7. The summed E-state index contributed by atoms with van der Waals surface area (Å²) in [5, 5.41) is 10.6. The van der Waals surface area contributed by atoms with Crippen LogP contribution in [0.4, 0.5) is 0 Å². The highest BCUT2D eigenvalue weighted by Crippen LogP contribution is 2.47. The fraction of sp³-hybridized carbons (Fsp3) is 0.0526. The summed E-state index contributed by atoms with van der Waals surface area (Å²) in [6, 6.07) is 40.3. The van der Waals surface area contributed by atoms with Gasteiger partial charge in [-0.1, -0.05) is 115 Å². The predicted molar refractivity (Wildman–Crippen MR) is 164 cm³/mol. The zero-order valence-electron chi connectivity index (χ0n) is 21.3. The van der Waals surface area contributed by atoms with Gasteiger partial charge in [-0.05, 0) is 83.6 Å². The minimum absolute atomic E-state index is 0.00607. The summed E-state index contributed by atoms with van der Waals surface area (Å²) in [5.41, 5.74) is 6.20. The van der Waals surface area contributed by atoms with Gasteiger partial charge in [-0.2, -0.15) is 0 Å². The topological polar surface area (TPSA) is 9.23 Å². The summed E-state index contributed by atoms with van der Waals surface area (Å²) >= 11 is 0. The molecule has 0 amide bonds. The summed E-state index contributed by atoms with van der Waals surface area (Å²) in [5.74, 6) is 1.16. The Kier molecular flexibility index (Phi) is 4.23. The first-order chi connectivity index (χ1) is 19.3. The van der Waals surface area contributed by atoms with Crippen LogP contribution in [0.3, 0.4) is 0 Å². The number of allylic oxidation sites excluding steroid dienone is 2. The average Bonchev–Trinajstić information content (AvgIpc) is 3.14. The van der Waals surface area contributed by atoms with Crippen LogP contribution in [0.1, 0.15) is 11.5 Å².